The van der Waals surface area contributed by atoms with Gasteiger partial charge in [-0.25, -0.2) is 9.97 Å². The summed E-state index contributed by atoms with van der Waals surface area (Å²) in [7, 11) is 1.57. The van der Waals surface area contributed by atoms with Crippen LogP contribution in [0.15, 0.2) is 36.7 Å². The lowest BCUT2D eigenvalue weighted by atomic mass is 10.2. The summed E-state index contributed by atoms with van der Waals surface area (Å²) in [5.41, 5.74) is 1.04. The number of amides is 1. The van der Waals surface area contributed by atoms with Crippen LogP contribution in [0.5, 0.6) is 5.75 Å². The molecule has 1 aromatic carbocycles. The Morgan fingerprint density at radius 3 is 2.48 bits per heavy atom. The summed E-state index contributed by atoms with van der Waals surface area (Å²) in [6.45, 7) is 7.06. The lowest BCUT2D eigenvalue weighted by Crippen LogP contribution is -2.46. The van der Waals surface area contributed by atoms with Crippen molar-refractivity contribution in [2.45, 2.75) is 6.92 Å². The first-order valence-corrected chi connectivity index (χ1v) is 8.45. The number of methoxy groups -OCH3 is 1. The normalized spacial score (nSPS) is 15.0. The molecule has 7 nitrogen and oxygen atoms in total. The van der Waals surface area contributed by atoms with Crippen LogP contribution in [-0.2, 0) is 0 Å². The molecule has 0 spiro atoms. The van der Waals surface area contributed by atoms with Crippen molar-refractivity contribution in [2.24, 2.45) is 0 Å². The van der Waals surface area contributed by atoms with Crippen LogP contribution in [0.25, 0.3) is 0 Å². The summed E-state index contributed by atoms with van der Waals surface area (Å²) in [4.78, 5) is 25.7. The van der Waals surface area contributed by atoms with Crippen LogP contribution in [0.3, 0.4) is 0 Å². The van der Waals surface area contributed by atoms with Gasteiger partial charge in [0.1, 0.15) is 5.75 Å². The first-order chi connectivity index (χ1) is 12.2. The molecule has 1 saturated heterocycles. The number of likely N-dealkylation sites (N-methyl/N-ethyl adjacent to an activating group) is 1. The van der Waals surface area contributed by atoms with E-state index in [0.29, 0.717) is 22.9 Å². The summed E-state index contributed by atoms with van der Waals surface area (Å²) in [6.07, 6.45) is 3.14. The molecule has 0 aliphatic carbocycles. The first kappa shape index (κ1) is 17.2. The molecule has 0 bridgehead atoms. The molecule has 132 valence electrons. The fourth-order valence-corrected chi connectivity index (χ4v) is 2.81. The number of aromatic nitrogens is 2. The Hall–Kier alpha value is -2.67. The Kier molecular flexibility index (Phi) is 5.45. The number of carbonyl (C=O) groups excluding carboxylic acids is 1. The topological polar surface area (TPSA) is 70.6 Å². The number of benzene rings is 1. The third-order valence-corrected chi connectivity index (χ3v) is 4.36. The van der Waals surface area contributed by atoms with Gasteiger partial charge in [-0.05, 0) is 18.7 Å². The van der Waals surface area contributed by atoms with E-state index in [0.717, 1.165) is 32.7 Å². The van der Waals surface area contributed by atoms with E-state index in [4.69, 9.17) is 4.74 Å². The zero-order chi connectivity index (χ0) is 17.6. The summed E-state index contributed by atoms with van der Waals surface area (Å²) in [5.74, 6) is 1.03. The minimum atomic E-state index is -0.258. The van der Waals surface area contributed by atoms with Gasteiger partial charge in [-0.15, -0.1) is 0 Å². The van der Waals surface area contributed by atoms with Gasteiger partial charge >= 0.3 is 0 Å². The van der Waals surface area contributed by atoms with Gasteiger partial charge in [-0.2, -0.15) is 0 Å². The SMILES string of the molecule is CCN1CCN(c2ncc(C(=O)Nc3ccccc3OC)cn2)CC1. The average molecular weight is 341 g/mol. The van der Waals surface area contributed by atoms with Crippen molar-refractivity contribution < 1.29 is 9.53 Å². The maximum atomic E-state index is 12.4. The number of piperazine rings is 1. The second-order valence-corrected chi connectivity index (χ2v) is 5.85. The number of anilines is 2. The molecule has 0 atom stereocenters. The number of para-hydroxylation sites is 2. The molecule has 0 unspecified atom stereocenters. The second-order valence-electron chi connectivity index (χ2n) is 5.85. The quantitative estimate of drug-likeness (QED) is 0.895. The van der Waals surface area contributed by atoms with Crippen molar-refractivity contribution in [3.8, 4) is 5.75 Å². The van der Waals surface area contributed by atoms with Crippen molar-refractivity contribution in [1.29, 1.82) is 0 Å². The predicted octanol–water partition coefficient (Wildman–Crippen LogP) is 1.88. The van der Waals surface area contributed by atoms with Crippen LogP contribution < -0.4 is 15.0 Å². The molecule has 1 aliphatic heterocycles. The van der Waals surface area contributed by atoms with Crippen LogP contribution in [-0.4, -0.2) is 60.6 Å². The molecule has 1 aromatic heterocycles. The number of nitrogens with one attached hydrogen (secondary N) is 1. The standard InChI is InChI=1S/C18H23N5O2/c1-3-22-8-10-23(11-9-22)18-19-12-14(13-20-18)17(24)21-15-6-4-5-7-16(15)25-2/h4-7,12-13H,3,8-11H2,1-2H3,(H,21,24). The Morgan fingerprint density at radius 1 is 1.16 bits per heavy atom. The Morgan fingerprint density at radius 2 is 1.84 bits per heavy atom. The molecule has 7 heteroatoms. The summed E-state index contributed by atoms with van der Waals surface area (Å²) >= 11 is 0. The van der Waals surface area contributed by atoms with Crippen LogP contribution in [0.4, 0.5) is 11.6 Å². The Balaban J connectivity index is 1.65. The highest BCUT2D eigenvalue weighted by atomic mass is 16.5. The van der Waals surface area contributed by atoms with E-state index in [1.54, 1.807) is 31.6 Å². The molecule has 1 amide bonds. The van der Waals surface area contributed by atoms with E-state index in [-0.39, 0.29) is 5.91 Å². The number of nitrogens with zero attached hydrogens (tertiary/aromatic N) is 4. The fraction of sp³-hybridized carbons (Fsp3) is 0.389. The van der Waals surface area contributed by atoms with Crippen LogP contribution in [0.1, 0.15) is 17.3 Å². The van der Waals surface area contributed by atoms with Crippen molar-refractivity contribution in [3.05, 3.63) is 42.2 Å². The van der Waals surface area contributed by atoms with E-state index < -0.39 is 0 Å². The number of ether oxygens (including phenoxy) is 1. The van der Waals surface area contributed by atoms with Crippen molar-refractivity contribution >= 4 is 17.5 Å². The molecular formula is C18H23N5O2. The van der Waals surface area contributed by atoms with Gasteiger partial charge in [0, 0.05) is 38.6 Å². The number of hydrogen-bond donors (Lipinski definition) is 1. The molecule has 2 heterocycles. The van der Waals surface area contributed by atoms with E-state index in [9.17, 15) is 4.79 Å². The summed E-state index contributed by atoms with van der Waals surface area (Å²) < 4.78 is 5.24. The van der Waals surface area contributed by atoms with Crippen LogP contribution in [0.2, 0.25) is 0 Å². The third kappa shape index (κ3) is 4.06. The van der Waals surface area contributed by atoms with E-state index in [1.165, 1.54) is 0 Å². The molecule has 1 aliphatic rings. The Bertz CT molecular complexity index is 712. The Labute approximate surface area is 147 Å². The smallest absolute Gasteiger partial charge is 0.258 e. The van der Waals surface area contributed by atoms with Gasteiger partial charge in [0.25, 0.3) is 5.91 Å². The average Bonchev–Trinajstić information content (AvgIpc) is 2.68. The zero-order valence-corrected chi connectivity index (χ0v) is 14.6. The van der Waals surface area contributed by atoms with Gasteiger partial charge in [0.05, 0.1) is 18.4 Å². The minimum Gasteiger partial charge on any atom is -0.495 e. The van der Waals surface area contributed by atoms with E-state index in [2.05, 4.69) is 32.0 Å². The van der Waals surface area contributed by atoms with Crippen molar-refractivity contribution in [1.82, 2.24) is 14.9 Å². The maximum Gasteiger partial charge on any atom is 0.258 e. The first-order valence-electron chi connectivity index (χ1n) is 8.45. The lowest BCUT2D eigenvalue weighted by Gasteiger charge is -2.33. The molecule has 1 N–H and O–H groups in total. The molecular weight excluding hydrogens is 318 g/mol. The van der Waals surface area contributed by atoms with Gasteiger partial charge in [0.15, 0.2) is 0 Å². The molecule has 1 fully saturated rings. The molecule has 0 saturated carbocycles. The highest BCUT2D eigenvalue weighted by Crippen LogP contribution is 2.23. The zero-order valence-electron chi connectivity index (χ0n) is 14.6. The minimum absolute atomic E-state index is 0.258. The van der Waals surface area contributed by atoms with Crippen LogP contribution in [0, 0.1) is 0 Å². The summed E-state index contributed by atoms with van der Waals surface area (Å²) in [5, 5.41) is 2.83. The lowest BCUT2D eigenvalue weighted by molar-refractivity contribution is 0.102. The van der Waals surface area contributed by atoms with Gasteiger partial charge in [0.2, 0.25) is 5.95 Å². The van der Waals surface area contributed by atoms with E-state index >= 15 is 0 Å². The predicted molar refractivity (Wildman–Crippen MR) is 97.3 cm³/mol. The number of hydrogen-bond acceptors (Lipinski definition) is 6. The van der Waals surface area contributed by atoms with Crippen LogP contribution >= 0.6 is 0 Å². The highest BCUT2D eigenvalue weighted by molar-refractivity contribution is 6.04. The van der Waals surface area contributed by atoms with Gasteiger partial charge in [-0.1, -0.05) is 19.1 Å². The van der Waals surface area contributed by atoms with Crippen molar-refractivity contribution in [3.63, 3.8) is 0 Å². The van der Waals surface area contributed by atoms with Gasteiger partial charge in [-0.3, -0.25) is 4.79 Å². The number of rotatable bonds is 5. The largest absolute Gasteiger partial charge is 0.495 e. The van der Waals surface area contributed by atoms with Crippen molar-refractivity contribution in [2.75, 3.05) is 50.1 Å². The molecule has 3 rings (SSSR count). The second kappa shape index (κ2) is 7.94. The van der Waals surface area contributed by atoms with E-state index in [1.807, 2.05) is 12.1 Å². The monoisotopic (exact) mass is 341 g/mol. The maximum absolute atomic E-state index is 12.4. The molecule has 0 radical (unpaired) electrons. The molecule has 2 aromatic rings. The number of carbonyl (C=O) groups is 1. The third-order valence-electron chi connectivity index (χ3n) is 4.36. The molecule has 25 heavy (non-hydrogen) atoms. The fourth-order valence-electron chi connectivity index (χ4n) is 2.81. The highest BCUT2D eigenvalue weighted by Gasteiger charge is 2.18. The summed E-state index contributed by atoms with van der Waals surface area (Å²) in [6, 6.07) is 7.28. The van der Waals surface area contributed by atoms with Gasteiger partial charge < -0.3 is 19.9 Å².